The van der Waals surface area contributed by atoms with E-state index in [9.17, 15) is 18.0 Å². The molecule has 1 N–H and O–H groups in total. The van der Waals surface area contributed by atoms with Gasteiger partial charge in [-0.25, -0.2) is 8.42 Å². The Labute approximate surface area is 225 Å². The van der Waals surface area contributed by atoms with Crippen molar-refractivity contribution >= 4 is 66.7 Å². The average molecular weight is 607 g/mol. The highest BCUT2D eigenvalue weighted by atomic mass is 79.9. The van der Waals surface area contributed by atoms with Crippen molar-refractivity contribution in [3.8, 4) is 0 Å². The molecule has 7 nitrogen and oxygen atoms in total. The summed E-state index contributed by atoms with van der Waals surface area (Å²) in [6, 6.07) is 10.9. The molecule has 0 aliphatic rings. The van der Waals surface area contributed by atoms with E-state index >= 15 is 0 Å². The number of hydrogen-bond acceptors (Lipinski definition) is 4. The van der Waals surface area contributed by atoms with E-state index in [0.29, 0.717) is 38.7 Å². The van der Waals surface area contributed by atoms with Crippen molar-refractivity contribution in [2.75, 3.05) is 23.7 Å². The number of anilines is 1. The SMILES string of the molecule is CCCCNC(=O)[C@@H](CC)N(Cc1ccc(Cl)c(Cl)c1)C(=O)CN(c1cccc(Br)c1)S(C)(=O)=O. The lowest BCUT2D eigenvalue weighted by Gasteiger charge is -2.33. The molecule has 35 heavy (non-hydrogen) atoms. The minimum Gasteiger partial charge on any atom is -0.354 e. The third-order valence-corrected chi connectivity index (χ3v) is 7.70. The van der Waals surface area contributed by atoms with Gasteiger partial charge in [0.2, 0.25) is 21.8 Å². The number of unbranched alkanes of at least 4 members (excludes halogenated alkanes) is 1. The fourth-order valence-electron chi connectivity index (χ4n) is 3.51. The summed E-state index contributed by atoms with van der Waals surface area (Å²) in [6.07, 6.45) is 3.12. The summed E-state index contributed by atoms with van der Waals surface area (Å²) in [5.74, 6) is -0.804. The van der Waals surface area contributed by atoms with Gasteiger partial charge in [-0.15, -0.1) is 0 Å². The van der Waals surface area contributed by atoms with Crippen LogP contribution in [0.2, 0.25) is 10.0 Å². The second-order valence-electron chi connectivity index (χ2n) is 8.09. The van der Waals surface area contributed by atoms with Crippen LogP contribution in [0.4, 0.5) is 5.69 Å². The quantitative estimate of drug-likeness (QED) is 0.335. The summed E-state index contributed by atoms with van der Waals surface area (Å²) in [7, 11) is -3.79. The summed E-state index contributed by atoms with van der Waals surface area (Å²) >= 11 is 15.5. The highest BCUT2D eigenvalue weighted by Crippen LogP contribution is 2.25. The third-order valence-electron chi connectivity index (χ3n) is 5.33. The number of benzene rings is 2. The minimum atomic E-state index is -3.79. The van der Waals surface area contributed by atoms with E-state index in [4.69, 9.17) is 23.2 Å². The van der Waals surface area contributed by atoms with Crippen LogP contribution in [0.15, 0.2) is 46.9 Å². The Morgan fingerprint density at radius 1 is 1.09 bits per heavy atom. The van der Waals surface area contributed by atoms with E-state index in [-0.39, 0.29) is 12.5 Å². The van der Waals surface area contributed by atoms with Crippen LogP contribution in [0.3, 0.4) is 0 Å². The molecule has 0 unspecified atom stereocenters. The number of amides is 2. The topological polar surface area (TPSA) is 86.8 Å². The Morgan fingerprint density at radius 3 is 2.37 bits per heavy atom. The molecule has 0 aliphatic heterocycles. The van der Waals surface area contributed by atoms with Crippen molar-refractivity contribution in [2.24, 2.45) is 0 Å². The number of nitrogens with one attached hydrogen (secondary N) is 1. The van der Waals surface area contributed by atoms with Gasteiger partial charge >= 0.3 is 0 Å². The summed E-state index contributed by atoms with van der Waals surface area (Å²) in [4.78, 5) is 28.0. The molecule has 2 aromatic rings. The normalized spacial score (nSPS) is 12.2. The molecular weight excluding hydrogens is 577 g/mol. The molecule has 192 valence electrons. The molecule has 2 rings (SSSR count). The van der Waals surface area contributed by atoms with Crippen LogP contribution in [-0.4, -0.2) is 50.5 Å². The van der Waals surface area contributed by atoms with Crippen molar-refractivity contribution in [3.05, 3.63) is 62.5 Å². The van der Waals surface area contributed by atoms with E-state index in [1.807, 2.05) is 13.8 Å². The van der Waals surface area contributed by atoms with E-state index in [1.165, 1.54) is 4.90 Å². The van der Waals surface area contributed by atoms with E-state index in [1.54, 1.807) is 42.5 Å². The number of halogens is 3. The van der Waals surface area contributed by atoms with Crippen LogP contribution in [-0.2, 0) is 26.2 Å². The maximum absolute atomic E-state index is 13.6. The lowest BCUT2D eigenvalue weighted by molar-refractivity contribution is -0.140. The van der Waals surface area contributed by atoms with Crippen molar-refractivity contribution < 1.29 is 18.0 Å². The summed E-state index contributed by atoms with van der Waals surface area (Å²) in [5, 5.41) is 3.57. The molecular formula is C24H30BrCl2N3O4S. The highest BCUT2D eigenvalue weighted by Gasteiger charge is 2.31. The molecule has 0 fully saturated rings. The Bertz CT molecular complexity index is 1150. The molecule has 11 heteroatoms. The summed E-state index contributed by atoms with van der Waals surface area (Å²) < 4.78 is 26.9. The van der Waals surface area contributed by atoms with Gasteiger partial charge in [-0.2, -0.15) is 0 Å². The molecule has 2 aromatic carbocycles. The first-order valence-electron chi connectivity index (χ1n) is 11.2. The van der Waals surface area contributed by atoms with Crippen LogP contribution in [0, 0.1) is 0 Å². The minimum absolute atomic E-state index is 0.0610. The van der Waals surface area contributed by atoms with Gasteiger partial charge in [-0.3, -0.25) is 13.9 Å². The van der Waals surface area contributed by atoms with Crippen molar-refractivity contribution in [3.63, 3.8) is 0 Å². The van der Waals surface area contributed by atoms with Gasteiger partial charge in [-0.1, -0.05) is 71.5 Å². The number of carbonyl (C=O) groups excluding carboxylic acids is 2. The van der Waals surface area contributed by atoms with Gasteiger partial charge in [0.15, 0.2) is 0 Å². The molecule has 0 aliphatic carbocycles. The molecule has 0 heterocycles. The van der Waals surface area contributed by atoms with Crippen molar-refractivity contribution in [2.45, 2.75) is 45.7 Å². The van der Waals surface area contributed by atoms with E-state index in [2.05, 4.69) is 21.2 Å². The van der Waals surface area contributed by atoms with Crippen LogP contribution in [0.25, 0.3) is 0 Å². The Balaban J connectivity index is 2.42. The maximum atomic E-state index is 13.6. The zero-order chi connectivity index (χ0) is 26.2. The fraction of sp³-hybridized carbons (Fsp3) is 0.417. The number of nitrogens with zero attached hydrogens (tertiary/aromatic N) is 2. The highest BCUT2D eigenvalue weighted by molar-refractivity contribution is 9.10. The first kappa shape index (κ1) is 29.4. The number of carbonyl (C=O) groups is 2. The average Bonchev–Trinajstić information content (AvgIpc) is 2.79. The van der Waals surface area contributed by atoms with Crippen LogP contribution < -0.4 is 9.62 Å². The smallest absolute Gasteiger partial charge is 0.244 e. The van der Waals surface area contributed by atoms with Crippen molar-refractivity contribution in [1.29, 1.82) is 0 Å². The molecule has 0 bridgehead atoms. The Kier molecular flexibility index (Phi) is 11.3. The number of rotatable bonds is 12. The second-order valence-corrected chi connectivity index (χ2v) is 11.7. The van der Waals surface area contributed by atoms with Crippen LogP contribution in [0.5, 0.6) is 0 Å². The lowest BCUT2D eigenvalue weighted by Crippen LogP contribution is -2.52. The number of sulfonamides is 1. The van der Waals surface area contributed by atoms with E-state index < -0.39 is 28.5 Å². The molecule has 0 aromatic heterocycles. The first-order chi connectivity index (χ1) is 16.5. The molecule has 0 spiro atoms. The first-order valence-corrected chi connectivity index (χ1v) is 14.6. The fourth-order valence-corrected chi connectivity index (χ4v) is 5.05. The lowest BCUT2D eigenvalue weighted by atomic mass is 10.1. The summed E-state index contributed by atoms with van der Waals surface area (Å²) in [6.45, 7) is 3.92. The zero-order valence-corrected chi connectivity index (χ0v) is 23.8. The van der Waals surface area contributed by atoms with Crippen molar-refractivity contribution in [1.82, 2.24) is 10.2 Å². The zero-order valence-electron chi connectivity index (χ0n) is 19.9. The second kappa shape index (κ2) is 13.5. The Hall–Kier alpha value is -1.81. The molecule has 0 saturated heterocycles. The third kappa shape index (κ3) is 8.66. The monoisotopic (exact) mass is 605 g/mol. The predicted octanol–water partition coefficient (Wildman–Crippen LogP) is 5.25. The molecule has 2 amide bonds. The largest absolute Gasteiger partial charge is 0.354 e. The van der Waals surface area contributed by atoms with Gasteiger partial charge < -0.3 is 10.2 Å². The van der Waals surface area contributed by atoms with Crippen LogP contribution >= 0.6 is 39.1 Å². The van der Waals surface area contributed by atoms with Gasteiger partial charge in [0, 0.05) is 17.6 Å². The Morgan fingerprint density at radius 2 is 1.80 bits per heavy atom. The van der Waals surface area contributed by atoms with Crippen LogP contribution in [0.1, 0.15) is 38.7 Å². The summed E-state index contributed by atoms with van der Waals surface area (Å²) in [5.41, 5.74) is 1.01. The number of hydrogen-bond donors (Lipinski definition) is 1. The van der Waals surface area contributed by atoms with Gasteiger partial charge in [-0.05, 0) is 48.7 Å². The molecule has 1 atom stereocenters. The molecule has 0 radical (unpaired) electrons. The standard InChI is InChI=1S/C24H30BrCl2N3O4S/c1-4-6-12-28-24(32)22(5-2)29(15-17-10-11-20(26)21(27)13-17)23(31)16-30(35(3,33)34)19-9-7-8-18(25)14-19/h7-11,13-14,22H,4-6,12,15-16H2,1-3H3,(H,28,32)/t22-/m1/s1. The molecule has 0 saturated carbocycles. The predicted molar refractivity (Wildman–Crippen MR) is 145 cm³/mol. The van der Waals surface area contributed by atoms with Gasteiger partial charge in [0.1, 0.15) is 12.6 Å². The van der Waals surface area contributed by atoms with Gasteiger partial charge in [0.25, 0.3) is 0 Å². The van der Waals surface area contributed by atoms with E-state index in [0.717, 1.165) is 23.4 Å². The van der Waals surface area contributed by atoms with Gasteiger partial charge in [0.05, 0.1) is 22.0 Å². The maximum Gasteiger partial charge on any atom is 0.244 e.